The topological polar surface area (TPSA) is 37.4 Å². The van der Waals surface area contributed by atoms with Crippen molar-refractivity contribution in [3.8, 4) is 0 Å². The van der Waals surface area contributed by atoms with E-state index in [0.29, 0.717) is 5.92 Å². The lowest BCUT2D eigenvalue weighted by Crippen LogP contribution is -2.22. The van der Waals surface area contributed by atoms with E-state index in [1.807, 2.05) is 0 Å². The summed E-state index contributed by atoms with van der Waals surface area (Å²) in [7, 11) is 1.76. The average Bonchev–Trinajstić information content (AvgIpc) is 2.90. The lowest BCUT2D eigenvalue weighted by atomic mass is 10.1. The van der Waals surface area contributed by atoms with Gasteiger partial charge in [0.05, 0.1) is 11.6 Å². The molecule has 0 aromatic carbocycles. The normalized spacial score (nSPS) is 18.8. The van der Waals surface area contributed by atoms with Gasteiger partial charge in [0.1, 0.15) is 5.82 Å². The number of halogens is 1. The van der Waals surface area contributed by atoms with E-state index >= 15 is 0 Å². The lowest BCUT2D eigenvalue weighted by Gasteiger charge is -2.19. The summed E-state index contributed by atoms with van der Waals surface area (Å²) in [6.07, 6.45) is 4.06. The number of anilines is 1. The van der Waals surface area contributed by atoms with Crippen LogP contribution in [0.25, 0.3) is 0 Å². The summed E-state index contributed by atoms with van der Waals surface area (Å²) in [4.78, 5) is 6.79. The maximum Gasteiger partial charge on any atom is 0.128 e. The van der Waals surface area contributed by atoms with E-state index in [4.69, 9.17) is 16.3 Å². The molecule has 0 spiro atoms. The minimum atomic E-state index is 0.610. The Balaban J connectivity index is 2.00. The first kappa shape index (κ1) is 15.5. The van der Waals surface area contributed by atoms with Crippen LogP contribution in [-0.2, 0) is 11.3 Å². The van der Waals surface area contributed by atoms with Crippen LogP contribution in [-0.4, -0.2) is 38.3 Å². The summed E-state index contributed by atoms with van der Waals surface area (Å²) in [5.41, 5.74) is 1.13. The molecule has 0 saturated carbocycles. The Morgan fingerprint density at radius 3 is 3.15 bits per heavy atom. The van der Waals surface area contributed by atoms with Crippen LogP contribution in [0.5, 0.6) is 0 Å². The first-order valence-corrected chi connectivity index (χ1v) is 7.71. The van der Waals surface area contributed by atoms with Gasteiger partial charge in [-0.05, 0) is 31.0 Å². The quantitative estimate of drug-likeness (QED) is 0.785. The van der Waals surface area contributed by atoms with E-state index in [1.165, 1.54) is 6.42 Å². The molecule has 1 saturated heterocycles. The highest BCUT2D eigenvalue weighted by molar-refractivity contribution is 6.31. The number of pyridine rings is 1. The first-order valence-electron chi connectivity index (χ1n) is 7.33. The third kappa shape index (κ3) is 4.08. The Kier molecular flexibility index (Phi) is 6.07. The summed E-state index contributed by atoms with van der Waals surface area (Å²) in [6, 6.07) is 2.11. The van der Waals surface area contributed by atoms with Gasteiger partial charge in [0.25, 0.3) is 0 Å². The van der Waals surface area contributed by atoms with Gasteiger partial charge in [-0.25, -0.2) is 4.98 Å². The molecule has 2 rings (SSSR count). The van der Waals surface area contributed by atoms with Crippen molar-refractivity contribution < 1.29 is 4.74 Å². The second-order valence-corrected chi connectivity index (χ2v) is 5.77. The predicted molar refractivity (Wildman–Crippen MR) is 83.4 cm³/mol. The van der Waals surface area contributed by atoms with Crippen LogP contribution < -0.4 is 10.2 Å². The zero-order chi connectivity index (χ0) is 14.4. The van der Waals surface area contributed by atoms with Gasteiger partial charge in [-0.15, -0.1) is 0 Å². The van der Waals surface area contributed by atoms with Gasteiger partial charge < -0.3 is 15.0 Å². The van der Waals surface area contributed by atoms with Crippen molar-refractivity contribution in [2.45, 2.75) is 26.3 Å². The minimum absolute atomic E-state index is 0.610. The molecule has 2 heterocycles. The zero-order valence-corrected chi connectivity index (χ0v) is 13.1. The van der Waals surface area contributed by atoms with E-state index in [1.54, 1.807) is 13.3 Å². The Labute approximate surface area is 126 Å². The molecule has 112 valence electrons. The molecule has 4 nitrogen and oxygen atoms in total. The molecule has 1 atom stereocenters. The molecule has 0 radical (unpaired) electrons. The molecule has 1 aromatic heterocycles. The third-order valence-corrected chi connectivity index (χ3v) is 4.02. The highest BCUT2D eigenvalue weighted by Gasteiger charge is 2.23. The summed E-state index contributed by atoms with van der Waals surface area (Å²) in [5.74, 6) is 1.64. The molecule has 1 aliphatic rings. The standard InChI is InChI=1S/C15H24ClN3O/c1-3-5-17-8-13-7-15(18-9-14(13)16)19-6-4-12(10-19)11-20-2/h7,9,12,17H,3-6,8,10-11H2,1-2H3. The van der Waals surface area contributed by atoms with Crippen molar-refractivity contribution in [1.29, 1.82) is 0 Å². The largest absolute Gasteiger partial charge is 0.384 e. The fourth-order valence-corrected chi connectivity index (χ4v) is 2.76. The van der Waals surface area contributed by atoms with Crippen LogP contribution in [0.3, 0.4) is 0 Å². The summed E-state index contributed by atoms with van der Waals surface area (Å²) in [6.45, 7) is 6.86. The van der Waals surface area contributed by atoms with E-state index in [0.717, 1.165) is 55.6 Å². The number of nitrogens with one attached hydrogen (secondary N) is 1. The first-order chi connectivity index (χ1) is 9.74. The molecule has 0 aliphatic carbocycles. The van der Waals surface area contributed by atoms with Gasteiger partial charge in [0, 0.05) is 38.9 Å². The number of hydrogen-bond acceptors (Lipinski definition) is 4. The lowest BCUT2D eigenvalue weighted by molar-refractivity contribution is 0.161. The van der Waals surface area contributed by atoms with Gasteiger partial charge in [-0.2, -0.15) is 0 Å². The summed E-state index contributed by atoms with van der Waals surface area (Å²) in [5, 5.41) is 4.13. The van der Waals surface area contributed by atoms with Crippen LogP contribution in [0, 0.1) is 5.92 Å². The van der Waals surface area contributed by atoms with Gasteiger partial charge in [0.2, 0.25) is 0 Å². The molecular formula is C15H24ClN3O. The van der Waals surface area contributed by atoms with Gasteiger partial charge in [-0.1, -0.05) is 18.5 Å². The Hall–Kier alpha value is -0.840. The van der Waals surface area contributed by atoms with Crippen molar-refractivity contribution in [1.82, 2.24) is 10.3 Å². The second-order valence-electron chi connectivity index (χ2n) is 5.37. The van der Waals surface area contributed by atoms with Crippen molar-refractivity contribution in [2.24, 2.45) is 5.92 Å². The fourth-order valence-electron chi connectivity index (χ4n) is 2.59. The van der Waals surface area contributed by atoms with Crippen LogP contribution in [0.15, 0.2) is 12.3 Å². The maximum absolute atomic E-state index is 6.22. The van der Waals surface area contributed by atoms with E-state index in [-0.39, 0.29) is 0 Å². The molecule has 1 N–H and O–H groups in total. The van der Waals surface area contributed by atoms with Gasteiger partial charge in [0.15, 0.2) is 0 Å². The Morgan fingerprint density at radius 2 is 2.40 bits per heavy atom. The molecule has 20 heavy (non-hydrogen) atoms. The van der Waals surface area contributed by atoms with E-state index in [2.05, 4.69) is 28.2 Å². The molecule has 1 fully saturated rings. The van der Waals surface area contributed by atoms with Gasteiger partial charge >= 0.3 is 0 Å². The molecule has 0 amide bonds. The van der Waals surface area contributed by atoms with Crippen molar-refractivity contribution in [2.75, 3.05) is 38.3 Å². The Morgan fingerprint density at radius 1 is 1.55 bits per heavy atom. The number of nitrogens with zero attached hydrogens (tertiary/aromatic N) is 2. The third-order valence-electron chi connectivity index (χ3n) is 3.67. The van der Waals surface area contributed by atoms with Gasteiger partial charge in [-0.3, -0.25) is 0 Å². The SMILES string of the molecule is CCCNCc1cc(N2CCC(COC)C2)ncc1Cl. The predicted octanol–water partition coefficient (Wildman–Crippen LogP) is 2.71. The molecule has 5 heteroatoms. The summed E-state index contributed by atoms with van der Waals surface area (Å²) < 4.78 is 5.24. The van der Waals surface area contributed by atoms with Crippen LogP contribution in [0.4, 0.5) is 5.82 Å². The Bertz CT molecular complexity index is 428. The molecule has 0 bridgehead atoms. The number of hydrogen-bond donors (Lipinski definition) is 1. The fraction of sp³-hybridized carbons (Fsp3) is 0.667. The zero-order valence-electron chi connectivity index (χ0n) is 12.4. The number of methoxy groups -OCH3 is 1. The van der Waals surface area contributed by atoms with E-state index < -0.39 is 0 Å². The van der Waals surface area contributed by atoms with Crippen molar-refractivity contribution in [3.63, 3.8) is 0 Å². The van der Waals surface area contributed by atoms with Crippen LogP contribution in [0.1, 0.15) is 25.3 Å². The van der Waals surface area contributed by atoms with Crippen LogP contribution >= 0.6 is 11.6 Å². The maximum atomic E-state index is 6.22. The highest BCUT2D eigenvalue weighted by atomic mass is 35.5. The number of ether oxygens (including phenoxy) is 1. The summed E-state index contributed by atoms with van der Waals surface area (Å²) >= 11 is 6.22. The second kappa shape index (κ2) is 7.81. The molecule has 1 unspecified atom stereocenters. The number of aromatic nitrogens is 1. The van der Waals surface area contributed by atoms with Crippen molar-refractivity contribution >= 4 is 17.4 Å². The number of rotatable bonds is 7. The van der Waals surface area contributed by atoms with Crippen LogP contribution in [0.2, 0.25) is 5.02 Å². The molecule has 1 aliphatic heterocycles. The average molecular weight is 298 g/mol. The monoisotopic (exact) mass is 297 g/mol. The minimum Gasteiger partial charge on any atom is -0.384 e. The molecular weight excluding hydrogens is 274 g/mol. The molecule has 1 aromatic rings. The highest BCUT2D eigenvalue weighted by Crippen LogP contribution is 2.25. The van der Waals surface area contributed by atoms with E-state index in [9.17, 15) is 0 Å². The smallest absolute Gasteiger partial charge is 0.128 e. The van der Waals surface area contributed by atoms with Crippen molar-refractivity contribution in [3.05, 3.63) is 22.8 Å².